The maximum atomic E-state index is 10.2. The molecule has 0 bridgehead atoms. The number of pyridine rings is 2. The topological polar surface area (TPSA) is 54.9 Å². The number of hydrogen-bond acceptors (Lipinski definition) is 3. The van der Waals surface area contributed by atoms with Gasteiger partial charge in [0.25, 0.3) is 0 Å². The number of anilines is 1. The van der Waals surface area contributed by atoms with Gasteiger partial charge in [-0.1, -0.05) is 0 Å². The van der Waals surface area contributed by atoms with E-state index in [1.54, 1.807) is 18.5 Å². The van der Waals surface area contributed by atoms with Gasteiger partial charge in [0.2, 0.25) is 6.41 Å². The standard InChI is InChI=1S/C9H7N3O/c13-6-12-7-4-9-8(11-5-7)2-1-3-10-9/h1-6H,(H,12,13). The van der Waals surface area contributed by atoms with Gasteiger partial charge >= 0.3 is 0 Å². The molecule has 0 spiro atoms. The summed E-state index contributed by atoms with van der Waals surface area (Å²) in [6.45, 7) is 0. The summed E-state index contributed by atoms with van der Waals surface area (Å²) in [5, 5.41) is 2.52. The highest BCUT2D eigenvalue weighted by molar-refractivity contribution is 5.81. The summed E-state index contributed by atoms with van der Waals surface area (Å²) < 4.78 is 0. The third kappa shape index (κ3) is 1.46. The Morgan fingerprint density at radius 3 is 3.08 bits per heavy atom. The van der Waals surface area contributed by atoms with Crippen molar-refractivity contribution in [2.75, 3.05) is 5.32 Å². The highest BCUT2D eigenvalue weighted by atomic mass is 16.1. The fraction of sp³-hybridized carbons (Fsp3) is 0. The summed E-state index contributed by atoms with van der Waals surface area (Å²) in [5.41, 5.74) is 2.24. The molecule has 2 rings (SSSR count). The summed E-state index contributed by atoms with van der Waals surface area (Å²) in [6.07, 6.45) is 3.90. The molecule has 0 aromatic carbocycles. The monoisotopic (exact) mass is 173 g/mol. The molecule has 13 heavy (non-hydrogen) atoms. The fourth-order valence-electron chi connectivity index (χ4n) is 1.10. The number of nitrogens with zero attached hydrogens (tertiary/aromatic N) is 2. The Morgan fingerprint density at radius 1 is 1.31 bits per heavy atom. The van der Waals surface area contributed by atoms with Gasteiger partial charge < -0.3 is 5.32 Å². The van der Waals surface area contributed by atoms with Crippen LogP contribution in [0.4, 0.5) is 5.69 Å². The van der Waals surface area contributed by atoms with Crippen LogP contribution in [0.1, 0.15) is 0 Å². The molecule has 0 unspecified atom stereocenters. The first-order chi connectivity index (χ1) is 6.40. The van der Waals surface area contributed by atoms with Gasteiger partial charge in [-0.2, -0.15) is 0 Å². The minimum absolute atomic E-state index is 0.617. The van der Waals surface area contributed by atoms with Crippen LogP contribution in [0.2, 0.25) is 0 Å². The van der Waals surface area contributed by atoms with Gasteiger partial charge in [0, 0.05) is 6.20 Å². The number of amides is 1. The van der Waals surface area contributed by atoms with Gasteiger partial charge in [0.05, 0.1) is 22.9 Å². The van der Waals surface area contributed by atoms with Gasteiger partial charge in [-0.15, -0.1) is 0 Å². The Bertz CT molecular complexity index is 442. The lowest BCUT2D eigenvalue weighted by Gasteiger charge is -1.99. The molecule has 4 nitrogen and oxygen atoms in total. The van der Waals surface area contributed by atoms with Crippen LogP contribution < -0.4 is 5.32 Å². The van der Waals surface area contributed by atoms with E-state index >= 15 is 0 Å². The van der Waals surface area contributed by atoms with Gasteiger partial charge in [0.15, 0.2) is 0 Å². The highest BCUT2D eigenvalue weighted by Gasteiger charge is 1.95. The predicted molar refractivity (Wildman–Crippen MR) is 49.2 cm³/mol. The summed E-state index contributed by atoms with van der Waals surface area (Å²) in [4.78, 5) is 18.4. The highest BCUT2D eigenvalue weighted by Crippen LogP contribution is 2.12. The Kier molecular flexibility index (Phi) is 1.88. The average molecular weight is 173 g/mol. The molecule has 0 fully saturated rings. The Morgan fingerprint density at radius 2 is 2.23 bits per heavy atom. The van der Waals surface area contributed by atoms with Crippen LogP contribution in [0.25, 0.3) is 11.0 Å². The second kappa shape index (κ2) is 3.18. The maximum Gasteiger partial charge on any atom is 0.211 e. The minimum Gasteiger partial charge on any atom is -0.327 e. The second-order valence-corrected chi connectivity index (χ2v) is 2.53. The van der Waals surface area contributed by atoms with Crippen molar-refractivity contribution in [3.63, 3.8) is 0 Å². The van der Waals surface area contributed by atoms with Gasteiger partial charge in [-0.05, 0) is 18.2 Å². The Labute approximate surface area is 74.6 Å². The lowest BCUT2D eigenvalue weighted by Crippen LogP contribution is -1.94. The van der Waals surface area contributed by atoms with E-state index in [-0.39, 0.29) is 0 Å². The molecule has 0 saturated carbocycles. The normalized spacial score (nSPS) is 9.85. The first kappa shape index (κ1) is 7.67. The first-order valence-electron chi connectivity index (χ1n) is 3.81. The van der Waals surface area contributed by atoms with Crippen molar-refractivity contribution in [1.29, 1.82) is 0 Å². The van der Waals surface area contributed by atoms with Gasteiger partial charge in [-0.3, -0.25) is 14.8 Å². The molecule has 1 N–H and O–H groups in total. The Balaban J connectivity index is 2.55. The van der Waals surface area contributed by atoms with Crippen LogP contribution in [0, 0.1) is 0 Å². The summed E-state index contributed by atoms with van der Waals surface area (Å²) in [6, 6.07) is 5.46. The number of aromatic nitrogens is 2. The summed E-state index contributed by atoms with van der Waals surface area (Å²) in [5.74, 6) is 0. The van der Waals surface area contributed by atoms with Crippen molar-refractivity contribution in [2.45, 2.75) is 0 Å². The fourth-order valence-corrected chi connectivity index (χ4v) is 1.10. The van der Waals surface area contributed by atoms with Crippen LogP contribution in [-0.2, 0) is 4.79 Å². The molecule has 64 valence electrons. The molecule has 0 atom stereocenters. The average Bonchev–Trinajstić information content (AvgIpc) is 2.18. The van der Waals surface area contributed by atoms with Crippen molar-refractivity contribution in [3.05, 3.63) is 30.6 Å². The molecule has 0 aliphatic heterocycles. The number of carbonyl (C=O) groups excluding carboxylic acids is 1. The molecule has 2 heterocycles. The van der Waals surface area contributed by atoms with E-state index in [1.165, 1.54) is 0 Å². The van der Waals surface area contributed by atoms with E-state index in [0.717, 1.165) is 11.0 Å². The zero-order valence-corrected chi connectivity index (χ0v) is 6.77. The largest absolute Gasteiger partial charge is 0.327 e. The van der Waals surface area contributed by atoms with Crippen LogP contribution in [0.15, 0.2) is 30.6 Å². The molecular weight excluding hydrogens is 166 g/mol. The number of hydrogen-bond donors (Lipinski definition) is 1. The lowest BCUT2D eigenvalue weighted by atomic mass is 10.3. The van der Waals surface area contributed by atoms with Crippen molar-refractivity contribution in [3.8, 4) is 0 Å². The summed E-state index contributed by atoms with van der Waals surface area (Å²) >= 11 is 0. The van der Waals surface area contributed by atoms with Crippen LogP contribution in [0.5, 0.6) is 0 Å². The van der Waals surface area contributed by atoms with Crippen molar-refractivity contribution >= 4 is 23.1 Å². The molecule has 2 aromatic heterocycles. The van der Waals surface area contributed by atoms with Crippen molar-refractivity contribution < 1.29 is 4.79 Å². The van der Waals surface area contributed by atoms with Gasteiger partial charge in [0.1, 0.15) is 0 Å². The molecule has 0 radical (unpaired) electrons. The molecule has 0 aliphatic carbocycles. The van der Waals surface area contributed by atoms with Crippen molar-refractivity contribution in [2.24, 2.45) is 0 Å². The zero-order chi connectivity index (χ0) is 9.10. The predicted octanol–water partition coefficient (Wildman–Crippen LogP) is 1.20. The molecule has 2 aromatic rings. The SMILES string of the molecule is O=CNc1cnc2cccnc2c1. The van der Waals surface area contributed by atoms with E-state index in [2.05, 4.69) is 15.3 Å². The molecule has 0 saturated heterocycles. The van der Waals surface area contributed by atoms with E-state index in [9.17, 15) is 4.79 Å². The quantitative estimate of drug-likeness (QED) is 0.694. The second-order valence-electron chi connectivity index (χ2n) is 2.53. The number of carbonyl (C=O) groups is 1. The maximum absolute atomic E-state index is 10.2. The van der Waals surface area contributed by atoms with Crippen molar-refractivity contribution in [1.82, 2.24) is 9.97 Å². The lowest BCUT2D eigenvalue weighted by molar-refractivity contribution is -0.105. The zero-order valence-electron chi connectivity index (χ0n) is 6.77. The Hall–Kier alpha value is -1.97. The number of fused-ring (bicyclic) bond motifs is 1. The van der Waals surface area contributed by atoms with E-state index in [0.29, 0.717) is 12.1 Å². The molecule has 4 heteroatoms. The third-order valence-electron chi connectivity index (χ3n) is 1.68. The van der Waals surface area contributed by atoms with Crippen LogP contribution in [-0.4, -0.2) is 16.4 Å². The molecule has 1 amide bonds. The number of rotatable bonds is 2. The molecular formula is C9H7N3O. The van der Waals surface area contributed by atoms with E-state index in [4.69, 9.17) is 0 Å². The first-order valence-corrected chi connectivity index (χ1v) is 3.81. The summed E-state index contributed by atoms with van der Waals surface area (Å²) in [7, 11) is 0. The third-order valence-corrected chi connectivity index (χ3v) is 1.68. The van der Waals surface area contributed by atoms with Crippen LogP contribution in [0.3, 0.4) is 0 Å². The minimum atomic E-state index is 0.617. The molecule has 0 aliphatic rings. The van der Waals surface area contributed by atoms with Crippen LogP contribution >= 0.6 is 0 Å². The number of nitrogens with one attached hydrogen (secondary N) is 1. The smallest absolute Gasteiger partial charge is 0.211 e. The van der Waals surface area contributed by atoms with Gasteiger partial charge in [-0.25, -0.2) is 0 Å². The van der Waals surface area contributed by atoms with E-state index < -0.39 is 0 Å². The van der Waals surface area contributed by atoms with E-state index in [1.807, 2.05) is 12.1 Å².